The van der Waals surface area contributed by atoms with E-state index in [2.05, 4.69) is 20.9 Å². The second kappa shape index (κ2) is 17.0. The highest BCUT2D eigenvalue weighted by molar-refractivity contribution is 5.94. The maximum absolute atomic E-state index is 13.3. The number of phenolic OH excluding ortho intramolecular Hbond substituents is 1. The van der Waals surface area contributed by atoms with Crippen molar-refractivity contribution in [2.45, 2.75) is 84.0 Å². The number of nitrogens with one attached hydrogen (secondary N) is 3. The highest BCUT2D eigenvalue weighted by Crippen LogP contribution is 2.14. The highest BCUT2D eigenvalue weighted by Gasteiger charge is 2.32. The summed E-state index contributed by atoms with van der Waals surface area (Å²) in [5.41, 5.74) is 17.2. The van der Waals surface area contributed by atoms with Crippen molar-refractivity contribution in [3.63, 3.8) is 0 Å². The van der Waals surface area contributed by atoms with Crippen molar-refractivity contribution in [2.75, 3.05) is 6.54 Å². The SMILES string of the molecule is CCC(C)C(NC(=O)C(N)CCCN=C(N)N)C(=O)NC(CC(C)C)C(=O)NC(Cc1ccc(O)cc1)C(=O)O. The third-order valence-electron chi connectivity index (χ3n) is 6.43. The van der Waals surface area contributed by atoms with Crippen LogP contribution in [0.3, 0.4) is 0 Å². The van der Waals surface area contributed by atoms with Gasteiger partial charge in [0.15, 0.2) is 5.96 Å². The van der Waals surface area contributed by atoms with Gasteiger partial charge in [0, 0.05) is 13.0 Å². The molecule has 3 amide bonds. The molecular weight excluding hydrogens is 518 g/mol. The molecule has 0 spiro atoms. The number of aliphatic imine (C=N–C) groups is 1. The molecule has 0 fully saturated rings. The van der Waals surface area contributed by atoms with Crippen molar-refractivity contribution in [1.29, 1.82) is 0 Å². The van der Waals surface area contributed by atoms with E-state index in [4.69, 9.17) is 17.2 Å². The summed E-state index contributed by atoms with van der Waals surface area (Å²) < 4.78 is 0. The van der Waals surface area contributed by atoms with Gasteiger partial charge in [0.2, 0.25) is 17.7 Å². The summed E-state index contributed by atoms with van der Waals surface area (Å²) in [6.07, 6.45) is 1.56. The molecular formula is C27H45N7O6. The fraction of sp³-hybridized carbons (Fsp3) is 0.593. The van der Waals surface area contributed by atoms with Crippen LogP contribution in [0.2, 0.25) is 0 Å². The molecule has 5 atom stereocenters. The largest absolute Gasteiger partial charge is 0.508 e. The number of amides is 3. The van der Waals surface area contributed by atoms with Crippen molar-refractivity contribution in [2.24, 2.45) is 34.0 Å². The first-order valence-electron chi connectivity index (χ1n) is 13.5. The van der Waals surface area contributed by atoms with E-state index in [1.807, 2.05) is 20.8 Å². The number of benzene rings is 1. The van der Waals surface area contributed by atoms with E-state index in [1.54, 1.807) is 19.1 Å². The summed E-state index contributed by atoms with van der Waals surface area (Å²) in [6.45, 7) is 7.71. The topological polar surface area (TPSA) is 235 Å². The number of nitrogens with zero attached hydrogens (tertiary/aromatic N) is 1. The van der Waals surface area contributed by atoms with E-state index in [0.29, 0.717) is 31.4 Å². The molecule has 0 bridgehead atoms. The van der Waals surface area contributed by atoms with Crippen LogP contribution >= 0.6 is 0 Å². The van der Waals surface area contributed by atoms with Crippen molar-refractivity contribution in [3.05, 3.63) is 29.8 Å². The number of rotatable bonds is 17. The summed E-state index contributed by atoms with van der Waals surface area (Å²) in [4.78, 5) is 55.0. The predicted octanol–water partition coefficient (Wildman–Crippen LogP) is -0.0532. The van der Waals surface area contributed by atoms with Gasteiger partial charge < -0.3 is 43.4 Å². The molecule has 224 valence electrons. The van der Waals surface area contributed by atoms with Crippen LogP contribution in [0.4, 0.5) is 0 Å². The number of guanidine groups is 1. The van der Waals surface area contributed by atoms with Crippen LogP contribution in [0.25, 0.3) is 0 Å². The van der Waals surface area contributed by atoms with Crippen molar-refractivity contribution >= 4 is 29.7 Å². The summed E-state index contributed by atoms with van der Waals surface area (Å²) >= 11 is 0. The molecule has 1 aromatic carbocycles. The van der Waals surface area contributed by atoms with E-state index in [9.17, 15) is 29.4 Å². The van der Waals surface area contributed by atoms with Crippen LogP contribution in [0, 0.1) is 11.8 Å². The summed E-state index contributed by atoms with van der Waals surface area (Å²) in [6, 6.07) is 1.84. The number of hydrogen-bond acceptors (Lipinski definition) is 7. The fourth-order valence-corrected chi connectivity index (χ4v) is 3.92. The first kappa shape index (κ1) is 34.2. The molecule has 0 radical (unpaired) electrons. The number of hydrogen-bond donors (Lipinski definition) is 8. The van der Waals surface area contributed by atoms with Gasteiger partial charge in [0.05, 0.1) is 6.04 Å². The van der Waals surface area contributed by atoms with Gasteiger partial charge in [-0.05, 0) is 48.8 Å². The maximum atomic E-state index is 13.3. The molecule has 1 rings (SSSR count). The number of carbonyl (C=O) groups is 4. The molecule has 0 aromatic heterocycles. The lowest BCUT2D eigenvalue weighted by atomic mass is 9.96. The normalized spacial score (nSPS) is 14.8. The quantitative estimate of drug-likeness (QED) is 0.0719. The lowest BCUT2D eigenvalue weighted by molar-refractivity contribution is -0.142. The van der Waals surface area contributed by atoms with E-state index in [1.165, 1.54) is 12.1 Å². The van der Waals surface area contributed by atoms with Gasteiger partial charge in [-0.25, -0.2) is 4.79 Å². The minimum atomic E-state index is -1.26. The first-order valence-corrected chi connectivity index (χ1v) is 13.5. The number of carboxylic acid groups (broad SMARTS) is 1. The van der Waals surface area contributed by atoms with Gasteiger partial charge in [-0.15, -0.1) is 0 Å². The number of carboxylic acids is 1. The van der Waals surface area contributed by atoms with E-state index >= 15 is 0 Å². The van der Waals surface area contributed by atoms with Gasteiger partial charge in [0.1, 0.15) is 23.9 Å². The standard InChI is InChI=1S/C27H45N7O6/c1-5-16(4)22(34-23(36)19(28)7-6-12-31-27(29)30)25(38)32-20(13-15(2)3)24(37)33-21(26(39)40)14-17-8-10-18(35)11-9-17/h8-11,15-16,19-22,35H,5-7,12-14,28H2,1-4H3,(H,32,38)(H,33,37)(H,34,36)(H,39,40)(H4,29,30,31). The second-order valence-electron chi connectivity index (χ2n) is 10.4. The third-order valence-corrected chi connectivity index (χ3v) is 6.43. The van der Waals surface area contributed by atoms with Crippen molar-refractivity contribution < 1.29 is 29.4 Å². The van der Waals surface area contributed by atoms with Gasteiger partial charge in [0.25, 0.3) is 0 Å². The lowest BCUT2D eigenvalue weighted by Crippen LogP contribution is -2.59. The Kier molecular flexibility index (Phi) is 14.5. The number of nitrogens with two attached hydrogens (primary N) is 3. The molecule has 13 heteroatoms. The Morgan fingerprint density at radius 2 is 1.52 bits per heavy atom. The molecule has 0 saturated heterocycles. The minimum Gasteiger partial charge on any atom is -0.508 e. The maximum Gasteiger partial charge on any atom is 0.326 e. The average Bonchev–Trinajstić information content (AvgIpc) is 2.88. The smallest absolute Gasteiger partial charge is 0.326 e. The van der Waals surface area contributed by atoms with Gasteiger partial charge in [-0.1, -0.05) is 46.2 Å². The van der Waals surface area contributed by atoms with Crippen LogP contribution in [0.1, 0.15) is 58.9 Å². The van der Waals surface area contributed by atoms with E-state index < -0.39 is 47.9 Å². The molecule has 5 unspecified atom stereocenters. The molecule has 1 aromatic rings. The van der Waals surface area contributed by atoms with Gasteiger partial charge >= 0.3 is 5.97 Å². The number of phenols is 1. The Bertz CT molecular complexity index is 1010. The molecule has 13 nitrogen and oxygen atoms in total. The molecule has 11 N–H and O–H groups in total. The average molecular weight is 564 g/mol. The Morgan fingerprint density at radius 1 is 0.925 bits per heavy atom. The third kappa shape index (κ3) is 12.3. The van der Waals surface area contributed by atoms with Crippen LogP contribution in [0.5, 0.6) is 5.75 Å². The van der Waals surface area contributed by atoms with E-state index in [-0.39, 0.29) is 36.4 Å². The summed E-state index contributed by atoms with van der Waals surface area (Å²) in [7, 11) is 0. The Morgan fingerprint density at radius 3 is 2.05 bits per heavy atom. The zero-order valence-corrected chi connectivity index (χ0v) is 23.7. The first-order chi connectivity index (χ1) is 18.7. The lowest BCUT2D eigenvalue weighted by Gasteiger charge is -2.28. The molecule has 0 saturated carbocycles. The van der Waals surface area contributed by atoms with Gasteiger partial charge in [-0.2, -0.15) is 0 Å². The number of aromatic hydroxyl groups is 1. The number of aliphatic carboxylic acids is 1. The Balaban J connectivity index is 2.97. The molecule has 0 aliphatic heterocycles. The number of carbonyl (C=O) groups excluding carboxylic acids is 3. The van der Waals surface area contributed by atoms with Gasteiger partial charge in [-0.3, -0.25) is 19.4 Å². The zero-order valence-electron chi connectivity index (χ0n) is 23.7. The second-order valence-corrected chi connectivity index (χ2v) is 10.4. The Labute approximate surface area is 235 Å². The van der Waals surface area contributed by atoms with E-state index in [0.717, 1.165) is 0 Å². The van der Waals surface area contributed by atoms with Crippen LogP contribution in [-0.2, 0) is 25.6 Å². The van der Waals surface area contributed by atoms with Crippen molar-refractivity contribution in [1.82, 2.24) is 16.0 Å². The minimum absolute atomic E-state index is 0.00768. The molecule has 0 aliphatic carbocycles. The summed E-state index contributed by atoms with van der Waals surface area (Å²) in [5.74, 6) is -3.28. The summed E-state index contributed by atoms with van der Waals surface area (Å²) in [5, 5.41) is 27.1. The van der Waals surface area contributed by atoms with Crippen molar-refractivity contribution in [3.8, 4) is 5.75 Å². The highest BCUT2D eigenvalue weighted by atomic mass is 16.4. The molecule has 40 heavy (non-hydrogen) atoms. The molecule has 0 aliphatic rings. The zero-order chi connectivity index (χ0) is 30.4. The van der Waals surface area contributed by atoms with Crippen LogP contribution < -0.4 is 33.2 Å². The van der Waals surface area contributed by atoms with Crippen LogP contribution in [-0.4, -0.2) is 70.6 Å². The fourth-order valence-electron chi connectivity index (χ4n) is 3.92. The predicted molar refractivity (Wildman–Crippen MR) is 152 cm³/mol. The monoisotopic (exact) mass is 563 g/mol. The Hall–Kier alpha value is -3.87. The van der Waals surface area contributed by atoms with Crippen LogP contribution in [0.15, 0.2) is 29.3 Å². The molecule has 0 heterocycles.